The van der Waals surface area contributed by atoms with Crippen molar-refractivity contribution in [2.75, 3.05) is 24.8 Å². The standard InChI is InChI=1S/C16H19N3O2/c1-11-5-4-6-12(18-11)10-19(2)13-7-8-15(17)14(9-13)16(20)21-3/h4-9H,10,17H2,1-3H3. The normalized spacial score (nSPS) is 10.2. The third kappa shape index (κ3) is 3.51. The highest BCUT2D eigenvalue weighted by Crippen LogP contribution is 2.22. The van der Waals surface area contributed by atoms with Gasteiger partial charge in [0.15, 0.2) is 0 Å². The Kier molecular flexibility index (Phi) is 4.42. The summed E-state index contributed by atoms with van der Waals surface area (Å²) in [4.78, 5) is 18.2. The smallest absolute Gasteiger partial charge is 0.340 e. The van der Waals surface area contributed by atoms with Crippen molar-refractivity contribution in [2.45, 2.75) is 13.5 Å². The van der Waals surface area contributed by atoms with E-state index in [1.54, 1.807) is 12.1 Å². The second-order valence-corrected chi connectivity index (χ2v) is 4.89. The van der Waals surface area contributed by atoms with Gasteiger partial charge in [-0.3, -0.25) is 4.98 Å². The zero-order valence-electron chi connectivity index (χ0n) is 12.5. The molecule has 0 unspecified atom stereocenters. The number of hydrogen-bond acceptors (Lipinski definition) is 5. The van der Waals surface area contributed by atoms with E-state index in [2.05, 4.69) is 4.98 Å². The molecule has 0 amide bonds. The summed E-state index contributed by atoms with van der Waals surface area (Å²) in [5, 5.41) is 0. The molecule has 0 aliphatic carbocycles. The molecule has 1 aromatic carbocycles. The van der Waals surface area contributed by atoms with E-state index in [1.165, 1.54) is 7.11 Å². The Balaban J connectivity index is 2.23. The summed E-state index contributed by atoms with van der Waals surface area (Å²) in [6.45, 7) is 2.61. The van der Waals surface area contributed by atoms with E-state index in [4.69, 9.17) is 10.5 Å². The first-order chi connectivity index (χ1) is 10.0. The third-order valence-corrected chi connectivity index (χ3v) is 3.23. The first-order valence-electron chi connectivity index (χ1n) is 6.63. The number of nitrogens with zero attached hydrogens (tertiary/aromatic N) is 2. The van der Waals surface area contributed by atoms with Crippen molar-refractivity contribution in [3.63, 3.8) is 0 Å². The second-order valence-electron chi connectivity index (χ2n) is 4.89. The topological polar surface area (TPSA) is 68.5 Å². The van der Waals surface area contributed by atoms with E-state index in [-0.39, 0.29) is 0 Å². The number of methoxy groups -OCH3 is 1. The van der Waals surface area contributed by atoms with Gasteiger partial charge in [-0.05, 0) is 37.3 Å². The average molecular weight is 285 g/mol. The first-order valence-corrected chi connectivity index (χ1v) is 6.63. The average Bonchev–Trinajstić information content (AvgIpc) is 2.47. The molecule has 5 heteroatoms. The van der Waals surface area contributed by atoms with Crippen molar-refractivity contribution in [3.05, 3.63) is 53.3 Å². The lowest BCUT2D eigenvalue weighted by Crippen LogP contribution is -2.18. The molecule has 2 N–H and O–H groups in total. The van der Waals surface area contributed by atoms with E-state index in [0.717, 1.165) is 17.1 Å². The van der Waals surface area contributed by atoms with Crippen LogP contribution in [0.5, 0.6) is 0 Å². The lowest BCUT2D eigenvalue weighted by molar-refractivity contribution is 0.0602. The summed E-state index contributed by atoms with van der Waals surface area (Å²) in [6.07, 6.45) is 0. The summed E-state index contributed by atoms with van der Waals surface area (Å²) < 4.78 is 4.74. The second kappa shape index (κ2) is 6.26. The highest BCUT2D eigenvalue weighted by atomic mass is 16.5. The van der Waals surface area contributed by atoms with Gasteiger partial charge in [0, 0.05) is 24.1 Å². The molecule has 0 spiro atoms. The van der Waals surface area contributed by atoms with Crippen molar-refractivity contribution >= 4 is 17.3 Å². The maximum Gasteiger partial charge on any atom is 0.340 e. The van der Waals surface area contributed by atoms with Gasteiger partial charge >= 0.3 is 5.97 Å². The molecule has 1 heterocycles. The number of aryl methyl sites for hydroxylation is 1. The van der Waals surface area contributed by atoms with Gasteiger partial charge in [-0.15, -0.1) is 0 Å². The van der Waals surface area contributed by atoms with Crippen molar-refractivity contribution in [3.8, 4) is 0 Å². The number of esters is 1. The molecule has 0 aliphatic heterocycles. The Morgan fingerprint density at radius 2 is 2.10 bits per heavy atom. The Bertz CT molecular complexity index is 656. The fraction of sp³-hybridized carbons (Fsp3) is 0.250. The fourth-order valence-corrected chi connectivity index (χ4v) is 2.09. The number of ether oxygens (including phenoxy) is 1. The molecule has 0 radical (unpaired) electrons. The molecule has 0 fully saturated rings. The van der Waals surface area contributed by atoms with Gasteiger partial charge in [-0.1, -0.05) is 6.07 Å². The zero-order chi connectivity index (χ0) is 15.4. The van der Waals surface area contributed by atoms with Crippen LogP contribution in [0, 0.1) is 6.92 Å². The molecule has 0 bridgehead atoms. The number of nitrogen functional groups attached to an aromatic ring is 1. The highest BCUT2D eigenvalue weighted by molar-refractivity contribution is 5.96. The van der Waals surface area contributed by atoms with Crippen LogP contribution < -0.4 is 10.6 Å². The Labute approximate surface area is 124 Å². The quantitative estimate of drug-likeness (QED) is 0.690. The molecule has 21 heavy (non-hydrogen) atoms. The van der Waals surface area contributed by atoms with Crippen LogP contribution in [0.3, 0.4) is 0 Å². The predicted octanol–water partition coefficient (Wildman–Crippen LogP) is 2.40. The van der Waals surface area contributed by atoms with Crippen LogP contribution in [0.25, 0.3) is 0 Å². The molecule has 2 rings (SSSR count). The molecular formula is C16H19N3O2. The number of nitrogens with two attached hydrogens (primary N) is 1. The maximum atomic E-state index is 11.7. The molecule has 5 nitrogen and oxygen atoms in total. The summed E-state index contributed by atoms with van der Waals surface area (Å²) >= 11 is 0. The summed E-state index contributed by atoms with van der Waals surface area (Å²) in [5.74, 6) is -0.434. The van der Waals surface area contributed by atoms with E-state index >= 15 is 0 Å². The first kappa shape index (κ1) is 14.8. The number of hydrogen-bond donors (Lipinski definition) is 1. The molecule has 0 atom stereocenters. The van der Waals surface area contributed by atoms with Crippen LogP contribution in [0.4, 0.5) is 11.4 Å². The Morgan fingerprint density at radius 1 is 1.33 bits per heavy atom. The molecule has 1 aromatic heterocycles. The van der Waals surface area contributed by atoms with Crippen molar-refractivity contribution in [1.29, 1.82) is 0 Å². The monoisotopic (exact) mass is 285 g/mol. The van der Waals surface area contributed by atoms with Crippen LogP contribution in [0.2, 0.25) is 0 Å². The van der Waals surface area contributed by atoms with Crippen molar-refractivity contribution in [1.82, 2.24) is 4.98 Å². The molecule has 0 saturated carbocycles. The fourth-order valence-electron chi connectivity index (χ4n) is 2.09. The van der Waals surface area contributed by atoms with E-state index in [9.17, 15) is 4.79 Å². The van der Waals surface area contributed by atoms with Gasteiger partial charge in [0.1, 0.15) is 0 Å². The molecular weight excluding hydrogens is 266 g/mol. The third-order valence-electron chi connectivity index (χ3n) is 3.23. The number of carbonyl (C=O) groups excluding carboxylic acids is 1. The lowest BCUT2D eigenvalue weighted by atomic mass is 10.1. The van der Waals surface area contributed by atoms with Crippen LogP contribution >= 0.6 is 0 Å². The van der Waals surface area contributed by atoms with Gasteiger partial charge in [0.25, 0.3) is 0 Å². The van der Waals surface area contributed by atoms with Crippen molar-refractivity contribution < 1.29 is 9.53 Å². The molecule has 0 saturated heterocycles. The minimum atomic E-state index is -0.434. The Hall–Kier alpha value is -2.56. The number of pyridine rings is 1. The predicted molar refractivity (Wildman–Crippen MR) is 83.3 cm³/mol. The maximum absolute atomic E-state index is 11.7. The highest BCUT2D eigenvalue weighted by Gasteiger charge is 2.12. The number of rotatable bonds is 4. The number of carbonyl (C=O) groups is 1. The summed E-state index contributed by atoms with van der Waals surface area (Å²) in [5.41, 5.74) is 9.42. The van der Waals surface area contributed by atoms with E-state index in [0.29, 0.717) is 17.8 Å². The minimum absolute atomic E-state index is 0.374. The molecule has 2 aromatic rings. The van der Waals surface area contributed by atoms with Crippen LogP contribution in [-0.4, -0.2) is 25.1 Å². The van der Waals surface area contributed by atoms with Crippen molar-refractivity contribution in [2.24, 2.45) is 0 Å². The van der Waals surface area contributed by atoms with Gasteiger partial charge in [-0.25, -0.2) is 4.79 Å². The number of anilines is 2. The minimum Gasteiger partial charge on any atom is -0.465 e. The van der Waals surface area contributed by atoms with Gasteiger partial charge in [0.05, 0.1) is 24.9 Å². The van der Waals surface area contributed by atoms with Gasteiger partial charge < -0.3 is 15.4 Å². The number of benzene rings is 1. The van der Waals surface area contributed by atoms with Crippen LogP contribution in [0.1, 0.15) is 21.7 Å². The Morgan fingerprint density at radius 3 is 2.76 bits per heavy atom. The lowest BCUT2D eigenvalue weighted by Gasteiger charge is -2.20. The van der Waals surface area contributed by atoms with E-state index < -0.39 is 5.97 Å². The van der Waals surface area contributed by atoms with Gasteiger partial charge in [0.2, 0.25) is 0 Å². The molecule has 110 valence electrons. The SMILES string of the molecule is COC(=O)c1cc(N(C)Cc2cccc(C)n2)ccc1N. The molecule has 0 aliphatic rings. The summed E-state index contributed by atoms with van der Waals surface area (Å²) in [7, 11) is 3.28. The van der Waals surface area contributed by atoms with E-state index in [1.807, 2.05) is 43.1 Å². The summed E-state index contributed by atoms with van der Waals surface area (Å²) in [6, 6.07) is 11.2. The number of aromatic nitrogens is 1. The van der Waals surface area contributed by atoms with Crippen LogP contribution in [0.15, 0.2) is 36.4 Å². The largest absolute Gasteiger partial charge is 0.465 e. The van der Waals surface area contributed by atoms with Crippen LogP contribution in [-0.2, 0) is 11.3 Å². The van der Waals surface area contributed by atoms with Gasteiger partial charge in [-0.2, -0.15) is 0 Å². The zero-order valence-corrected chi connectivity index (χ0v) is 12.5.